The Morgan fingerprint density at radius 1 is 0.969 bits per heavy atom. The van der Waals surface area contributed by atoms with Crippen LogP contribution in [0.4, 0.5) is 8.63 Å². The van der Waals surface area contributed by atoms with Gasteiger partial charge in [0.25, 0.3) is 0 Å². The summed E-state index contributed by atoms with van der Waals surface area (Å²) >= 11 is 0. The number of hydrogen-bond acceptors (Lipinski definition) is 2. The van der Waals surface area contributed by atoms with Crippen molar-refractivity contribution in [3.63, 3.8) is 0 Å². The fraction of sp³-hybridized carbons (Fsp3) is 0.400. The number of rotatable bonds is 5. The standard InChI is InChI=1S/C25H31BF2N2O2/c1-9-18-14(3)24-23(22-20(31-7)12-11-13-21(22)32-8)25-15(4)19(10-2)17(6)30(25)26(27,28)29(24)16(18)5/h11-13H,9-10H2,1-8H3. The second-order valence-corrected chi connectivity index (χ2v) is 8.52. The summed E-state index contributed by atoms with van der Waals surface area (Å²) in [7, 11) is 3.20. The lowest BCUT2D eigenvalue weighted by Crippen LogP contribution is -2.51. The van der Waals surface area contributed by atoms with Crippen LogP contribution in [0.3, 0.4) is 0 Å². The molecule has 32 heavy (non-hydrogen) atoms. The third-order valence-electron chi connectivity index (χ3n) is 7.17. The maximum absolute atomic E-state index is 16.3. The predicted octanol–water partition coefficient (Wildman–Crippen LogP) is 5.89. The largest absolute Gasteiger partial charge is 0.737 e. The van der Waals surface area contributed by atoms with Crippen molar-refractivity contribution in [3.8, 4) is 11.5 Å². The van der Waals surface area contributed by atoms with Gasteiger partial charge < -0.3 is 27.1 Å². The summed E-state index contributed by atoms with van der Waals surface area (Å²) in [5.41, 5.74) is 7.50. The lowest BCUT2D eigenvalue weighted by atomic mass is 9.83. The van der Waals surface area contributed by atoms with Crippen LogP contribution in [-0.2, 0) is 6.42 Å². The van der Waals surface area contributed by atoms with Gasteiger partial charge in [-0.25, -0.2) is 0 Å². The Balaban J connectivity index is 2.30. The molecule has 0 amide bonds. The number of halogens is 2. The van der Waals surface area contributed by atoms with E-state index < -0.39 is 6.97 Å². The van der Waals surface area contributed by atoms with Gasteiger partial charge in [0, 0.05) is 23.8 Å². The average Bonchev–Trinajstić information content (AvgIpc) is 3.18. The summed E-state index contributed by atoms with van der Waals surface area (Å²) in [4.78, 5) is 0. The SMILES string of the molecule is CCC1=C(C)C2=C(c3c(OC)cccc3OC)c3c(C)c(CC)c(C)n3[B-](F)(F)[N+]2=C1C. The van der Waals surface area contributed by atoms with Crippen LogP contribution in [0.25, 0.3) is 5.57 Å². The average molecular weight is 440 g/mol. The third kappa shape index (κ3) is 2.69. The Kier molecular flexibility index (Phi) is 5.34. The van der Waals surface area contributed by atoms with Gasteiger partial charge in [0.05, 0.1) is 25.4 Å². The molecule has 0 saturated heterocycles. The number of hydrogen-bond donors (Lipinski definition) is 0. The Morgan fingerprint density at radius 3 is 2.06 bits per heavy atom. The lowest BCUT2D eigenvalue weighted by Gasteiger charge is -2.34. The molecule has 0 radical (unpaired) electrons. The molecule has 2 aliphatic heterocycles. The van der Waals surface area contributed by atoms with Crippen LogP contribution in [0.1, 0.15) is 62.2 Å². The second-order valence-electron chi connectivity index (χ2n) is 8.52. The van der Waals surface area contributed by atoms with Crippen LogP contribution in [0.5, 0.6) is 11.5 Å². The summed E-state index contributed by atoms with van der Waals surface area (Å²) in [6, 6.07) is 5.57. The third-order valence-corrected chi connectivity index (χ3v) is 7.17. The van der Waals surface area contributed by atoms with E-state index in [1.54, 1.807) is 28.1 Å². The molecule has 0 fully saturated rings. The molecule has 7 heteroatoms. The molecular formula is C25H31BF2N2O2. The van der Waals surface area contributed by atoms with Crippen molar-refractivity contribution in [1.82, 2.24) is 4.48 Å². The molecule has 0 saturated carbocycles. The first-order chi connectivity index (χ1) is 15.2. The molecule has 4 rings (SSSR count). The number of nitrogens with zero attached hydrogens (tertiary/aromatic N) is 2. The van der Waals surface area contributed by atoms with Gasteiger partial charge >= 0.3 is 6.97 Å². The first-order valence-electron chi connectivity index (χ1n) is 11.2. The molecule has 4 nitrogen and oxygen atoms in total. The van der Waals surface area contributed by atoms with Crippen molar-refractivity contribution in [2.75, 3.05) is 14.2 Å². The normalized spacial score (nSPS) is 17.2. The maximum Gasteiger partial charge on any atom is 0.737 e. The number of aromatic nitrogens is 1. The fourth-order valence-electron chi connectivity index (χ4n) is 5.81. The van der Waals surface area contributed by atoms with Crippen molar-refractivity contribution >= 4 is 18.3 Å². The van der Waals surface area contributed by atoms with Gasteiger partial charge in [0.1, 0.15) is 17.2 Å². The molecule has 0 atom stereocenters. The van der Waals surface area contributed by atoms with Gasteiger partial charge in [-0.3, -0.25) is 0 Å². The predicted molar refractivity (Wildman–Crippen MR) is 126 cm³/mol. The zero-order valence-corrected chi connectivity index (χ0v) is 20.2. The molecule has 3 heterocycles. The minimum Gasteiger partial charge on any atom is -0.496 e. The van der Waals surface area contributed by atoms with Crippen LogP contribution in [0, 0.1) is 13.8 Å². The monoisotopic (exact) mass is 440 g/mol. The molecular weight excluding hydrogens is 409 g/mol. The highest BCUT2D eigenvalue weighted by molar-refractivity contribution is 6.58. The number of ether oxygens (including phenoxy) is 2. The molecule has 1 aromatic carbocycles. The van der Waals surface area contributed by atoms with Gasteiger partial charge in [-0.2, -0.15) is 0 Å². The van der Waals surface area contributed by atoms with E-state index in [1.165, 1.54) is 8.96 Å². The number of benzene rings is 1. The molecule has 2 aromatic rings. The molecule has 0 spiro atoms. The Bertz CT molecular complexity index is 1210. The van der Waals surface area contributed by atoms with Crippen LogP contribution < -0.4 is 9.47 Å². The Labute approximate surface area is 188 Å². The zero-order valence-electron chi connectivity index (χ0n) is 20.2. The first-order valence-corrected chi connectivity index (χ1v) is 11.2. The van der Waals surface area contributed by atoms with Gasteiger partial charge in [0.2, 0.25) is 0 Å². The minimum absolute atomic E-state index is 0.558. The zero-order chi connectivity index (χ0) is 23.5. The van der Waals surface area contributed by atoms with Gasteiger partial charge in [-0.15, -0.1) is 0 Å². The quantitative estimate of drug-likeness (QED) is 0.542. The number of allylic oxidation sites excluding steroid dienone is 2. The van der Waals surface area contributed by atoms with Crippen molar-refractivity contribution in [1.29, 1.82) is 0 Å². The van der Waals surface area contributed by atoms with E-state index in [4.69, 9.17) is 9.47 Å². The van der Waals surface area contributed by atoms with E-state index in [0.717, 1.165) is 27.8 Å². The summed E-state index contributed by atoms with van der Waals surface area (Å²) < 4.78 is 46.7. The second kappa shape index (κ2) is 7.64. The summed E-state index contributed by atoms with van der Waals surface area (Å²) in [5.74, 6) is 1.20. The molecule has 0 bridgehead atoms. The Hall–Kier alpha value is -2.83. The molecule has 0 aliphatic carbocycles. The topological polar surface area (TPSA) is 26.4 Å². The maximum atomic E-state index is 16.3. The Morgan fingerprint density at radius 2 is 1.56 bits per heavy atom. The van der Waals surface area contributed by atoms with Crippen molar-refractivity contribution in [2.24, 2.45) is 0 Å². The van der Waals surface area contributed by atoms with Crippen molar-refractivity contribution in [2.45, 2.75) is 54.4 Å². The van der Waals surface area contributed by atoms with Gasteiger partial charge in [-0.05, 0) is 62.6 Å². The van der Waals surface area contributed by atoms with E-state index in [-0.39, 0.29) is 0 Å². The van der Waals surface area contributed by atoms with Gasteiger partial charge in [-0.1, -0.05) is 19.9 Å². The number of fused-ring (bicyclic) bond motifs is 2. The van der Waals surface area contributed by atoms with Crippen LogP contribution in [0.2, 0.25) is 0 Å². The summed E-state index contributed by atoms with van der Waals surface area (Å²) in [6.07, 6.45) is 1.38. The molecule has 0 N–H and O–H groups in total. The minimum atomic E-state index is -4.06. The van der Waals surface area contributed by atoms with E-state index in [1.807, 2.05) is 45.9 Å². The van der Waals surface area contributed by atoms with Crippen LogP contribution in [-0.4, -0.2) is 35.9 Å². The molecule has 0 unspecified atom stereocenters. The number of methoxy groups -OCH3 is 2. The van der Waals surface area contributed by atoms with E-state index >= 15 is 8.63 Å². The summed E-state index contributed by atoms with van der Waals surface area (Å²) in [5, 5.41) is 0. The molecule has 1 aromatic heterocycles. The van der Waals surface area contributed by atoms with E-state index in [0.29, 0.717) is 52.7 Å². The molecule has 2 aliphatic rings. The van der Waals surface area contributed by atoms with Gasteiger partial charge in [0.15, 0.2) is 5.70 Å². The molecule has 170 valence electrons. The van der Waals surface area contributed by atoms with E-state index in [2.05, 4.69) is 0 Å². The highest BCUT2D eigenvalue weighted by atomic mass is 19.2. The van der Waals surface area contributed by atoms with Crippen LogP contribution in [0.15, 0.2) is 35.0 Å². The van der Waals surface area contributed by atoms with Crippen molar-refractivity contribution in [3.05, 3.63) is 63.1 Å². The van der Waals surface area contributed by atoms with Crippen molar-refractivity contribution < 1.29 is 22.6 Å². The summed E-state index contributed by atoms with van der Waals surface area (Å²) in [6.45, 7) is 7.49. The first kappa shape index (κ1) is 22.4. The van der Waals surface area contributed by atoms with E-state index in [9.17, 15) is 0 Å². The fourth-order valence-corrected chi connectivity index (χ4v) is 5.81. The smallest absolute Gasteiger partial charge is 0.496 e. The highest BCUT2D eigenvalue weighted by Crippen LogP contribution is 2.50. The lowest BCUT2D eigenvalue weighted by molar-refractivity contribution is -0.363. The van der Waals surface area contributed by atoms with Crippen LogP contribution >= 0.6 is 0 Å². The highest BCUT2D eigenvalue weighted by Gasteiger charge is 2.57.